The molecule has 0 radical (unpaired) electrons. The first-order chi connectivity index (χ1) is 13.7. The molecule has 144 valence electrons. The van der Waals surface area contributed by atoms with Crippen LogP contribution < -0.4 is 4.74 Å². The Bertz CT molecular complexity index is 1030. The number of aryl methyl sites for hydroxylation is 2. The monoisotopic (exact) mass is 375 g/mol. The maximum absolute atomic E-state index is 5.60. The first-order valence-electron chi connectivity index (χ1n) is 10.0. The van der Waals surface area contributed by atoms with Gasteiger partial charge in [0.15, 0.2) is 5.82 Å². The molecule has 0 saturated heterocycles. The minimum Gasteiger partial charge on any atom is -0.495 e. The topological polar surface area (TPSA) is 57.8 Å². The van der Waals surface area contributed by atoms with Crippen molar-refractivity contribution in [2.75, 3.05) is 7.11 Å². The van der Waals surface area contributed by atoms with Gasteiger partial charge < -0.3 is 9.30 Å². The van der Waals surface area contributed by atoms with Crippen LogP contribution in [-0.2, 0) is 6.54 Å². The van der Waals surface area contributed by atoms with Gasteiger partial charge in [0.25, 0.3) is 0 Å². The second kappa shape index (κ2) is 6.93. The highest BCUT2D eigenvalue weighted by molar-refractivity contribution is 5.69. The Hall–Kier alpha value is -2.89. The minimum absolute atomic E-state index is 0.612. The number of methoxy groups -OCH3 is 1. The summed E-state index contributed by atoms with van der Waals surface area (Å²) in [6.07, 6.45) is 13.0. The third-order valence-corrected chi connectivity index (χ3v) is 5.74. The molecule has 1 aliphatic carbocycles. The van der Waals surface area contributed by atoms with Crippen molar-refractivity contribution >= 4 is 12.2 Å². The second-order valence-electron chi connectivity index (χ2n) is 7.82. The molecule has 2 aromatic heterocycles. The highest BCUT2D eigenvalue weighted by atomic mass is 16.5. The van der Waals surface area contributed by atoms with Gasteiger partial charge in [-0.05, 0) is 62.3 Å². The third kappa shape index (κ3) is 3.23. The zero-order valence-corrected chi connectivity index (χ0v) is 16.4. The lowest BCUT2D eigenvalue weighted by atomic mass is 9.94. The maximum Gasteiger partial charge on any atom is 0.174 e. The van der Waals surface area contributed by atoms with Gasteiger partial charge in [-0.3, -0.25) is 0 Å². The van der Waals surface area contributed by atoms with Gasteiger partial charge in [-0.15, -0.1) is 0 Å². The van der Waals surface area contributed by atoms with Crippen molar-refractivity contribution in [3.05, 3.63) is 53.6 Å². The largest absolute Gasteiger partial charge is 0.495 e. The number of nitrogens with zero attached hydrogens (tertiary/aromatic N) is 5. The van der Waals surface area contributed by atoms with E-state index >= 15 is 0 Å². The van der Waals surface area contributed by atoms with Crippen LogP contribution in [-0.4, -0.2) is 31.4 Å². The van der Waals surface area contributed by atoms with E-state index in [1.165, 1.54) is 31.5 Å². The molecule has 6 heteroatoms. The summed E-state index contributed by atoms with van der Waals surface area (Å²) in [4.78, 5) is 9.14. The summed E-state index contributed by atoms with van der Waals surface area (Å²) in [5, 5.41) is 4.71. The van der Waals surface area contributed by atoms with Crippen LogP contribution in [0.2, 0.25) is 0 Å². The molecule has 0 bridgehead atoms. The summed E-state index contributed by atoms with van der Waals surface area (Å²) in [5.74, 6) is 4.25. The van der Waals surface area contributed by atoms with Crippen molar-refractivity contribution in [3.8, 4) is 11.4 Å². The average Bonchev–Trinajstić information content (AvgIpc) is 3.33. The first kappa shape index (κ1) is 17.2. The summed E-state index contributed by atoms with van der Waals surface area (Å²) in [6, 6.07) is 6.16. The average molecular weight is 375 g/mol. The van der Waals surface area contributed by atoms with Crippen molar-refractivity contribution < 1.29 is 4.74 Å². The number of hydrogen-bond acceptors (Lipinski definition) is 4. The fraction of sp³-hybridized carbons (Fsp3) is 0.409. The molecule has 1 atom stereocenters. The third-order valence-electron chi connectivity index (χ3n) is 5.74. The summed E-state index contributed by atoms with van der Waals surface area (Å²) in [7, 11) is 1.69. The Labute approximate surface area is 164 Å². The molecule has 28 heavy (non-hydrogen) atoms. The molecular formula is C22H25N5O. The molecule has 6 nitrogen and oxygen atoms in total. The smallest absolute Gasteiger partial charge is 0.174 e. The minimum atomic E-state index is 0.612. The van der Waals surface area contributed by atoms with Crippen molar-refractivity contribution in [1.29, 1.82) is 0 Å². The van der Waals surface area contributed by atoms with Crippen molar-refractivity contribution in [1.82, 2.24) is 24.3 Å². The van der Waals surface area contributed by atoms with Crippen LogP contribution in [0.15, 0.2) is 30.7 Å². The highest BCUT2D eigenvalue weighted by Gasteiger charge is 2.37. The quantitative estimate of drug-likeness (QED) is 0.669. The number of benzene rings is 1. The molecule has 3 aromatic rings. The second-order valence-corrected chi connectivity index (χ2v) is 7.82. The number of imidazole rings is 1. The SMILES string of the molecule is COc1cc(/C=C/c2nc3n(n2)CCC[C@H]3C2CC2)ccc1-n1cnc(C)c1. The number of rotatable bonds is 5. The summed E-state index contributed by atoms with van der Waals surface area (Å²) in [5.41, 5.74) is 3.01. The van der Waals surface area contributed by atoms with Gasteiger partial charge in [-0.25, -0.2) is 14.6 Å². The maximum atomic E-state index is 5.60. The molecular weight excluding hydrogens is 350 g/mol. The van der Waals surface area contributed by atoms with Gasteiger partial charge in [0.2, 0.25) is 0 Å². The molecule has 0 unspecified atom stereocenters. The molecule has 0 N–H and O–H groups in total. The predicted octanol–water partition coefficient (Wildman–Crippen LogP) is 4.24. The summed E-state index contributed by atoms with van der Waals surface area (Å²) < 4.78 is 9.70. The van der Waals surface area contributed by atoms with Crippen molar-refractivity contribution in [2.45, 2.75) is 45.1 Å². The number of aromatic nitrogens is 5. The van der Waals surface area contributed by atoms with Gasteiger partial charge in [0, 0.05) is 18.7 Å². The van der Waals surface area contributed by atoms with Crippen LogP contribution >= 0.6 is 0 Å². The van der Waals surface area contributed by atoms with E-state index in [9.17, 15) is 0 Å². The van der Waals surface area contributed by atoms with Gasteiger partial charge in [0.1, 0.15) is 11.6 Å². The zero-order valence-electron chi connectivity index (χ0n) is 16.4. The standard InChI is InChI=1S/C22H25N5O/c1-15-13-26(14-23-15)19-9-5-16(12-20(19)28-2)6-10-21-24-22-18(17-7-8-17)4-3-11-27(22)25-21/h5-6,9-10,12-14,17-18H,3-4,7-8,11H2,1-2H3/b10-6+/t18-/m0/s1. The van der Waals surface area contributed by atoms with Crippen LogP contribution in [0.3, 0.4) is 0 Å². The van der Waals surface area contributed by atoms with E-state index < -0.39 is 0 Å². The molecule has 1 saturated carbocycles. The number of ether oxygens (including phenoxy) is 1. The van der Waals surface area contributed by atoms with E-state index in [4.69, 9.17) is 14.8 Å². The van der Waals surface area contributed by atoms with E-state index in [1.807, 2.05) is 35.9 Å². The molecule has 5 rings (SSSR count). The Morgan fingerprint density at radius 2 is 2.07 bits per heavy atom. The van der Waals surface area contributed by atoms with Crippen LogP contribution in [0.4, 0.5) is 0 Å². The van der Waals surface area contributed by atoms with E-state index in [0.717, 1.165) is 41.0 Å². The molecule has 0 amide bonds. The molecule has 1 aromatic carbocycles. The predicted molar refractivity (Wildman–Crippen MR) is 109 cm³/mol. The van der Waals surface area contributed by atoms with Gasteiger partial charge in [-0.2, -0.15) is 5.10 Å². The van der Waals surface area contributed by atoms with Crippen molar-refractivity contribution in [2.24, 2.45) is 5.92 Å². The molecule has 1 fully saturated rings. The molecule has 2 aliphatic rings. The van der Waals surface area contributed by atoms with Crippen LogP contribution in [0.5, 0.6) is 5.75 Å². The van der Waals surface area contributed by atoms with Gasteiger partial charge in [0.05, 0.1) is 24.8 Å². The Balaban J connectivity index is 1.39. The lowest BCUT2D eigenvalue weighted by Crippen LogP contribution is -2.18. The zero-order chi connectivity index (χ0) is 19.1. The van der Waals surface area contributed by atoms with Gasteiger partial charge in [-0.1, -0.05) is 12.1 Å². The number of fused-ring (bicyclic) bond motifs is 1. The highest BCUT2D eigenvalue weighted by Crippen LogP contribution is 2.46. The van der Waals surface area contributed by atoms with Gasteiger partial charge >= 0.3 is 0 Å². The van der Waals surface area contributed by atoms with Crippen LogP contribution in [0.25, 0.3) is 17.8 Å². The number of hydrogen-bond donors (Lipinski definition) is 0. The normalized spacial score (nSPS) is 19.1. The van der Waals surface area contributed by atoms with Crippen LogP contribution in [0, 0.1) is 12.8 Å². The van der Waals surface area contributed by atoms with Crippen molar-refractivity contribution in [3.63, 3.8) is 0 Å². The lowest BCUT2D eigenvalue weighted by molar-refractivity contribution is 0.389. The molecule has 3 heterocycles. The Morgan fingerprint density at radius 3 is 2.82 bits per heavy atom. The fourth-order valence-electron chi connectivity index (χ4n) is 4.15. The van der Waals surface area contributed by atoms with E-state index in [2.05, 4.69) is 21.8 Å². The summed E-state index contributed by atoms with van der Waals surface area (Å²) >= 11 is 0. The fourth-order valence-corrected chi connectivity index (χ4v) is 4.15. The molecule has 1 aliphatic heterocycles. The van der Waals surface area contributed by atoms with E-state index in [0.29, 0.717) is 5.92 Å². The lowest BCUT2D eigenvalue weighted by Gasteiger charge is -2.21. The summed E-state index contributed by atoms with van der Waals surface area (Å²) in [6.45, 7) is 2.97. The van der Waals surface area contributed by atoms with Crippen LogP contribution in [0.1, 0.15) is 54.5 Å². The van der Waals surface area contributed by atoms with E-state index in [-0.39, 0.29) is 0 Å². The molecule has 0 spiro atoms. The first-order valence-corrected chi connectivity index (χ1v) is 10.0. The Kier molecular flexibility index (Phi) is 4.26. The Morgan fingerprint density at radius 1 is 1.18 bits per heavy atom. The van der Waals surface area contributed by atoms with E-state index in [1.54, 1.807) is 13.4 Å².